The molecule has 5 nitrogen and oxygen atoms in total. The number of alkyl halides is 1. The number of aromatic hydroxyl groups is 1. The molecule has 0 heterocycles. The molecule has 1 aromatic carbocycles. The molecule has 0 saturated carbocycles. The average Bonchev–Trinajstić information content (AvgIpc) is 2.20. The predicted octanol–water partition coefficient (Wildman–Crippen LogP) is 1.46. The van der Waals surface area contributed by atoms with Gasteiger partial charge in [-0.25, -0.2) is 4.79 Å². The molecule has 0 bridgehead atoms. The van der Waals surface area contributed by atoms with Crippen molar-refractivity contribution < 1.29 is 19.8 Å². The van der Waals surface area contributed by atoms with Gasteiger partial charge in [0.15, 0.2) is 0 Å². The van der Waals surface area contributed by atoms with Crippen molar-refractivity contribution in [3.05, 3.63) is 23.8 Å². The van der Waals surface area contributed by atoms with E-state index in [1.165, 1.54) is 18.2 Å². The zero-order valence-electron chi connectivity index (χ0n) is 7.53. The van der Waals surface area contributed by atoms with Crippen LogP contribution in [-0.2, 0) is 4.79 Å². The zero-order chi connectivity index (χ0) is 11.4. The van der Waals surface area contributed by atoms with E-state index in [0.29, 0.717) is 5.69 Å². The van der Waals surface area contributed by atoms with Crippen LogP contribution in [0.1, 0.15) is 10.4 Å². The molecule has 0 aliphatic heterocycles. The number of carboxylic acids is 1. The number of hydrogen-bond donors (Lipinski definition) is 3. The first kappa shape index (κ1) is 11.8. The molecular weight excluding hydrogens is 313 g/mol. The lowest BCUT2D eigenvalue weighted by atomic mass is 10.2. The molecule has 0 aliphatic carbocycles. The maximum absolute atomic E-state index is 11.0. The second-order valence-corrected chi connectivity index (χ2v) is 3.48. The Labute approximate surface area is 99.2 Å². The second kappa shape index (κ2) is 4.96. The number of aromatic carboxylic acids is 1. The van der Waals surface area contributed by atoms with E-state index in [4.69, 9.17) is 5.11 Å². The Morgan fingerprint density at radius 3 is 2.60 bits per heavy atom. The molecule has 80 valence electrons. The third kappa shape index (κ3) is 3.08. The molecule has 15 heavy (non-hydrogen) atoms. The third-order valence-corrected chi connectivity index (χ3v) is 2.32. The number of halogens is 1. The van der Waals surface area contributed by atoms with Crippen LogP contribution in [0.5, 0.6) is 5.75 Å². The predicted molar refractivity (Wildman–Crippen MR) is 62.6 cm³/mol. The molecule has 1 rings (SSSR count). The number of hydrogen-bond acceptors (Lipinski definition) is 3. The maximum atomic E-state index is 11.0. The summed E-state index contributed by atoms with van der Waals surface area (Å²) >= 11 is 1.89. The zero-order valence-corrected chi connectivity index (χ0v) is 9.69. The Kier molecular flexibility index (Phi) is 3.89. The number of amides is 1. The Balaban J connectivity index is 2.97. The summed E-state index contributed by atoms with van der Waals surface area (Å²) in [5, 5.41) is 20.4. The van der Waals surface area contributed by atoms with Gasteiger partial charge in [-0.15, -0.1) is 0 Å². The van der Waals surface area contributed by atoms with Gasteiger partial charge in [-0.2, -0.15) is 0 Å². The van der Waals surface area contributed by atoms with Crippen LogP contribution in [-0.4, -0.2) is 26.5 Å². The largest absolute Gasteiger partial charge is 0.507 e. The minimum atomic E-state index is -1.24. The average molecular weight is 321 g/mol. The number of benzene rings is 1. The van der Waals surface area contributed by atoms with E-state index >= 15 is 0 Å². The Hall–Kier alpha value is -1.31. The lowest BCUT2D eigenvalue weighted by molar-refractivity contribution is -0.113. The van der Waals surface area contributed by atoms with Gasteiger partial charge in [0.25, 0.3) is 0 Å². The first-order valence-corrected chi connectivity index (χ1v) is 5.49. The highest BCUT2D eigenvalue weighted by molar-refractivity contribution is 14.1. The smallest absolute Gasteiger partial charge is 0.339 e. The van der Waals surface area contributed by atoms with Crippen molar-refractivity contribution in [2.75, 3.05) is 9.74 Å². The fraction of sp³-hybridized carbons (Fsp3) is 0.111. The first-order valence-electron chi connectivity index (χ1n) is 3.96. The number of rotatable bonds is 3. The molecule has 0 aliphatic rings. The second-order valence-electron chi connectivity index (χ2n) is 2.72. The fourth-order valence-electron chi connectivity index (χ4n) is 0.979. The van der Waals surface area contributed by atoms with Crippen LogP contribution in [0.3, 0.4) is 0 Å². The molecule has 0 radical (unpaired) electrons. The summed E-state index contributed by atoms with van der Waals surface area (Å²) in [7, 11) is 0. The highest BCUT2D eigenvalue weighted by Crippen LogP contribution is 2.21. The number of anilines is 1. The van der Waals surface area contributed by atoms with Crippen molar-refractivity contribution in [2.45, 2.75) is 0 Å². The summed E-state index contributed by atoms with van der Waals surface area (Å²) in [5.74, 6) is -1.79. The van der Waals surface area contributed by atoms with Gasteiger partial charge in [0.1, 0.15) is 11.3 Å². The molecule has 0 atom stereocenters. The summed E-state index contributed by atoms with van der Waals surface area (Å²) in [6, 6.07) is 3.88. The number of carbonyl (C=O) groups is 2. The lowest BCUT2D eigenvalue weighted by Gasteiger charge is -2.05. The first-order chi connectivity index (χ1) is 7.04. The van der Waals surface area contributed by atoms with Crippen molar-refractivity contribution >= 4 is 40.2 Å². The van der Waals surface area contributed by atoms with Crippen LogP contribution in [0.15, 0.2) is 18.2 Å². The summed E-state index contributed by atoms with van der Waals surface area (Å²) in [6.07, 6.45) is 0. The monoisotopic (exact) mass is 321 g/mol. The van der Waals surface area contributed by atoms with Crippen molar-refractivity contribution in [3.63, 3.8) is 0 Å². The van der Waals surface area contributed by atoms with E-state index < -0.39 is 5.97 Å². The lowest BCUT2D eigenvalue weighted by Crippen LogP contribution is -2.12. The summed E-state index contributed by atoms with van der Waals surface area (Å²) < 4.78 is 0.279. The molecule has 0 saturated heterocycles. The Morgan fingerprint density at radius 1 is 1.40 bits per heavy atom. The number of carboxylic acid groups (broad SMARTS) is 1. The van der Waals surface area contributed by atoms with Gasteiger partial charge in [0.2, 0.25) is 5.91 Å². The highest BCUT2D eigenvalue weighted by atomic mass is 127. The number of carbonyl (C=O) groups excluding carboxylic acids is 1. The summed E-state index contributed by atoms with van der Waals surface area (Å²) in [5.41, 5.74) is 0.119. The van der Waals surface area contributed by atoms with Gasteiger partial charge >= 0.3 is 5.97 Å². The van der Waals surface area contributed by atoms with Crippen LogP contribution in [0, 0.1) is 0 Å². The van der Waals surface area contributed by atoms with E-state index in [-0.39, 0.29) is 21.6 Å². The van der Waals surface area contributed by atoms with Gasteiger partial charge in [-0.3, -0.25) is 4.79 Å². The van der Waals surface area contributed by atoms with E-state index in [1.54, 1.807) is 0 Å². The van der Waals surface area contributed by atoms with Gasteiger partial charge < -0.3 is 15.5 Å². The molecular formula is C9H8INO4. The fourth-order valence-corrected chi connectivity index (χ4v) is 1.17. The van der Waals surface area contributed by atoms with E-state index in [9.17, 15) is 14.7 Å². The van der Waals surface area contributed by atoms with Crippen LogP contribution in [0.2, 0.25) is 0 Å². The van der Waals surface area contributed by atoms with E-state index in [0.717, 1.165) is 0 Å². The van der Waals surface area contributed by atoms with Crippen molar-refractivity contribution in [1.82, 2.24) is 0 Å². The minimum Gasteiger partial charge on any atom is -0.507 e. The van der Waals surface area contributed by atoms with E-state index in [1.807, 2.05) is 22.6 Å². The molecule has 6 heteroatoms. The topological polar surface area (TPSA) is 86.6 Å². The van der Waals surface area contributed by atoms with Crippen LogP contribution >= 0.6 is 22.6 Å². The normalized spacial score (nSPS) is 9.67. The van der Waals surface area contributed by atoms with Gasteiger partial charge in [-0.1, -0.05) is 22.6 Å². The number of phenols is 1. The van der Waals surface area contributed by atoms with Gasteiger partial charge in [-0.05, 0) is 18.2 Å². The van der Waals surface area contributed by atoms with Crippen molar-refractivity contribution in [1.29, 1.82) is 0 Å². The molecule has 0 fully saturated rings. The van der Waals surface area contributed by atoms with Crippen molar-refractivity contribution in [2.24, 2.45) is 0 Å². The maximum Gasteiger partial charge on any atom is 0.339 e. The molecule has 3 N–H and O–H groups in total. The van der Waals surface area contributed by atoms with Crippen LogP contribution < -0.4 is 5.32 Å². The SMILES string of the molecule is O=C(CI)Nc1ccc(O)c(C(=O)O)c1. The minimum absolute atomic E-state index is 0.224. The quantitative estimate of drug-likeness (QED) is 0.447. The molecule has 0 aromatic heterocycles. The van der Waals surface area contributed by atoms with Gasteiger partial charge in [0, 0.05) is 5.69 Å². The van der Waals surface area contributed by atoms with Gasteiger partial charge in [0.05, 0.1) is 4.43 Å². The molecule has 0 unspecified atom stereocenters. The summed E-state index contributed by atoms with van der Waals surface area (Å²) in [6.45, 7) is 0. The number of nitrogens with one attached hydrogen (secondary N) is 1. The third-order valence-electron chi connectivity index (χ3n) is 1.63. The van der Waals surface area contributed by atoms with Crippen LogP contribution in [0.25, 0.3) is 0 Å². The van der Waals surface area contributed by atoms with Crippen molar-refractivity contribution in [3.8, 4) is 5.75 Å². The molecule has 1 amide bonds. The highest BCUT2D eigenvalue weighted by Gasteiger charge is 2.10. The van der Waals surface area contributed by atoms with Crippen LogP contribution in [0.4, 0.5) is 5.69 Å². The molecule has 0 spiro atoms. The standard InChI is InChI=1S/C9H8INO4/c10-4-8(13)11-5-1-2-7(12)6(3-5)9(14)15/h1-3,12H,4H2,(H,11,13)(H,14,15). The Bertz CT molecular complexity index is 405. The van der Waals surface area contributed by atoms with E-state index in [2.05, 4.69) is 5.32 Å². The molecule has 1 aromatic rings. The summed E-state index contributed by atoms with van der Waals surface area (Å²) in [4.78, 5) is 21.7. The Morgan fingerprint density at radius 2 is 2.07 bits per heavy atom.